The van der Waals surface area contributed by atoms with E-state index in [-0.39, 0.29) is 22.9 Å². The second kappa shape index (κ2) is 6.38. The number of benzene rings is 1. The van der Waals surface area contributed by atoms with Crippen LogP contribution in [-0.2, 0) is 14.8 Å². The second-order valence-corrected chi connectivity index (χ2v) is 6.35. The number of halogens is 1. The van der Waals surface area contributed by atoms with Gasteiger partial charge in [0.25, 0.3) is 0 Å². The summed E-state index contributed by atoms with van der Waals surface area (Å²) in [5.74, 6) is -0.990. The molecule has 1 rings (SSSR count). The van der Waals surface area contributed by atoms with E-state index in [1.165, 1.54) is 27.3 Å². The van der Waals surface area contributed by atoms with Crippen molar-refractivity contribution in [3.8, 4) is 5.75 Å². The Hall–Kier alpha value is -1.38. The maximum absolute atomic E-state index is 13.7. The Labute approximate surface area is 118 Å². The van der Waals surface area contributed by atoms with Crippen LogP contribution in [0.1, 0.15) is 6.92 Å². The molecule has 0 saturated heterocycles. The molecule has 0 aromatic heterocycles. The van der Waals surface area contributed by atoms with Crippen molar-refractivity contribution in [3.05, 3.63) is 17.9 Å². The Balaban J connectivity index is 3.23. The molecule has 20 heavy (non-hydrogen) atoms. The van der Waals surface area contributed by atoms with E-state index in [4.69, 9.17) is 15.2 Å². The summed E-state index contributed by atoms with van der Waals surface area (Å²) >= 11 is 0. The van der Waals surface area contributed by atoms with Crippen molar-refractivity contribution in [2.75, 3.05) is 33.6 Å². The van der Waals surface area contributed by atoms with Gasteiger partial charge in [-0.25, -0.2) is 12.8 Å². The molecule has 0 heterocycles. The molecule has 0 amide bonds. The van der Waals surface area contributed by atoms with Crippen LogP contribution < -0.4 is 10.5 Å². The van der Waals surface area contributed by atoms with Crippen LogP contribution >= 0.6 is 0 Å². The lowest BCUT2D eigenvalue weighted by atomic mass is 10.3. The Bertz CT molecular complexity index is 554. The average molecular weight is 306 g/mol. The highest BCUT2D eigenvalue weighted by atomic mass is 32.2. The van der Waals surface area contributed by atoms with Crippen molar-refractivity contribution in [1.29, 1.82) is 0 Å². The Morgan fingerprint density at radius 3 is 2.45 bits per heavy atom. The van der Waals surface area contributed by atoms with Crippen LogP contribution in [0.25, 0.3) is 0 Å². The summed E-state index contributed by atoms with van der Waals surface area (Å²) in [7, 11) is 0.281. The predicted octanol–water partition coefficient (Wildman–Crippen LogP) is 1.07. The molecule has 8 heteroatoms. The molecule has 0 spiro atoms. The Morgan fingerprint density at radius 1 is 1.40 bits per heavy atom. The number of methoxy groups -OCH3 is 2. The third kappa shape index (κ3) is 3.20. The van der Waals surface area contributed by atoms with E-state index >= 15 is 0 Å². The molecule has 2 N–H and O–H groups in total. The summed E-state index contributed by atoms with van der Waals surface area (Å²) in [6.07, 6.45) is 0. The van der Waals surface area contributed by atoms with Gasteiger partial charge in [-0.15, -0.1) is 0 Å². The summed E-state index contributed by atoms with van der Waals surface area (Å²) in [4.78, 5) is -0.223. The minimum absolute atomic E-state index is 0.0705. The summed E-state index contributed by atoms with van der Waals surface area (Å²) in [5, 5.41) is 0. The predicted molar refractivity (Wildman–Crippen MR) is 73.7 cm³/mol. The van der Waals surface area contributed by atoms with Gasteiger partial charge in [0.15, 0.2) is 11.6 Å². The zero-order chi connectivity index (χ0) is 15.5. The number of nitrogen functional groups attached to an aromatic ring is 1. The highest BCUT2D eigenvalue weighted by molar-refractivity contribution is 7.89. The number of hydrogen-bond donors (Lipinski definition) is 1. The highest BCUT2D eigenvalue weighted by Crippen LogP contribution is 2.29. The van der Waals surface area contributed by atoms with Crippen molar-refractivity contribution in [2.24, 2.45) is 0 Å². The normalized spacial score (nSPS) is 13.5. The van der Waals surface area contributed by atoms with E-state index in [9.17, 15) is 12.8 Å². The molecule has 1 aromatic rings. The molecule has 1 unspecified atom stereocenters. The fourth-order valence-electron chi connectivity index (χ4n) is 1.70. The summed E-state index contributed by atoms with van der Waals surface area (Å²) in [6, 6.07) is 1.67. The monoisotopic (exact) mass is 306 g/mol. The van der Waals surface area contributed by atoms with Gasteiger partial charge in [-0.05, 0) is 19.1 Å². The number of ether oxygens (including phenoxy) is 2. The zero-order valence-electron chi connectivity index (χ0n) is 11.9. The molecule has 1 atom stereocenters. The van der Waals surface area contributed by atoms with Crippen LogP contribution in [0.5, 0.6) is 5.75 Å². The number of anilines is 1. The molecule has 6 nitrogen and oxygen atoms in total. The average Bonchev–Trinajstić information content (AvgIpc) is 2.37. The van der Waals surface area contributed by atoms with Gasteiger partial charge in [0, 0.05) is 20.2 Å². The van der Waals surface area contributed by atoms with Crippen molar-refractivity contribution >= 4 is 15.7 Å². The Kier molecular flexibility index (Phi) is 5.32. The molecule has 0 fully saturated rings. The van der Waals surface area contributed by atoms with Crippen LogP contribution in [0.3, 0.4) is 0 Å². The van der Waals surface area contributed by atoms with Crippen molar-refractivity contribution < 1.29 is 22.3 Å². The molecule has 0 aliphatic heterocycles. The van der Waals surface area contributed by atoms with Crippen LogP contribution in [-0.4, -0.2) is 46.6 Å². The standard InChI is InChI=1S/C12H19FN2O4S/c1-8(7-18-3)15(2)20(16,17)9-5-10(13)12(19-4)11(14)6-9/h5-6,8H,7,14H2,1-4H3. The SMILES string of the molecule is COCC(C)N(C)S(=O)(=O)c1cc(N)c(OC)c(F)c1. The van der Waals surface area contributed by atoms with E-state index in [0.29, 0.717) is 0 Å². The van der Waals surface area contributed by atoms with Crippen LogP contribution in [0, 0.1) is 5.82 Å². The van der Waals surface area contributed by atoms with Crippen LogP contribution in [0.15, 0.2) is 17.0 Å². The molecule has 0 saturated carbocycles. The fraction of sp³-hybridized carbons (Fsp3) is 0.500. The molecular formula is C12H19FN2O4S. The second-order valence-electron chi connectivity index (χ2n) is 4.35. The van der Waals surface area contributed by atoms with Gasteiger partial charge >= 0.3 is 0 Å². The summed E-state index contributed by atoms with van der Waals surface area (Å²) in [5.41, 5.74) is 5.52. The van der Waals surface area contributed by atoms with Gasteiger partial charge in [0.05, 0.1) is 24.3 Å². The van der Waals surface area contributed by atoms with Gasteiger partial charge in [-0.1, -0.05) is 0 Å². The van der Waals surface area contributed by atoms with E-state index < -0.39 is 21.9 Å². The molecule has 0 radical (unpaired) electrons. The molecule has 114 valence electrons. The maximum Gasteiger partial charge on any atom is 0.243 e. The lowest BCUT2D eigenvalue weighted by Crippen LogP contribution is -2.37. The first-order chi connectivity index (χ1) is 9.25. The lowest BCUT2D eigenvalue weighted by molar-refractivity contribution is 0.149. The molecular weight excluding hydrogens is 287 g/mol. The summed E-state index contributed by atoms with van der Waals surface area (Å²) < 4.78 is 49.2. The van der Waals surface area contributed by atoms with Crippen LogP contribution in [0.4, 0.5) is 10.1 Å². The number of nitrogens with two attached hydrogens (primary N) is 1. The molecule has 0 aliphatic rings. The molecule has 0 bridgehead atoms. The third-order valence-electron chi connectivity index (χ3n) is 2.96. The number of nitrogens with zero attached hydrogens (tertiary/aromatic N) is 1. The molecule has 1 aromatic carbocycles. The first-order valence-electron chi connectivity index (χ1n) is 5.85. The first kappa shape index (κ1) is 16.7. The molecule has 0 aliphatic carbocycles. The number of sulfonamides is 1. The number of hydrogen-bond acceptors (Lipinski definition) is 5. The van der Waals surface area contributed by atoms with E-state index in [0.717, 1.165) is 10.4 Å². The Morgan fingerprint density at radius 2 is 2.00 bits per heavy atom. The number of rotatable bonds is 6. The quantitative estimate of drug-likeness (QED) is 0.795. The van der Waals surface area contributed by atoms with Crippen molar-refractivity contribution in [3.63, 3.8) is 0 Å². The van der Waals surface area contributed by atoms with Gasteiger partial charge in [-0.3, -0.25) is 0 Å². The zero-order valence-corrected chi connectivity index (χ0v) is 12.7. The summed E-state index contributed by atoms with van der Waals surface area (Å²) in [6.45, 7) is 1.91. The number of likely N-dealkylation sites (N-methyl/N-ethyl adjacent to an activating group) is 1. The van der Waals surface area contributed by atoms with Crippen molar-refractivity contribution in [1.82, 2.24) is 4.31 Å². The minimum Gasteiger partial charge on any atom is -0.492 e. The van der Waals surface area contributed by atoms with Crippen molar-refractivity contribution in [2.45, 2.75) is 17.9 Å². The van der Waals surface area contributed by atoms with Gasteiger partial charge in [0.1, 0.15) is 0 Å². The van der Waals surface area contributed by atoms with Gasteiger partial charge in [-0.2, -0.15) is 4.31 Å². The fourth-order valence-corrected chi connectivity index (χ4v) is 3.10. The minimum atomic E-state index is -3.85. The largest absolute Gasteiger partial charge is 0.492 e. The van der Waals surface area contributed by atoms with E-state index in [1.54, 1.807) is 6.92 Å². The van der Waals surface area contributed by atoms with Gasteiger partial charge < -0.3 is 15.2 Å². The lowest BCUT2D eigenvalue weighted by Gasteiger charge is -2.24. The topological polar surface area (TPSA) is 81.9 Å². The third-order valence-corrected chi connectivity index (χ3v) is 4.91. The van der Waals surface area contributed by atoms with Crippen LogP contribution in [0.2, 0.25) is 0 Å². The first-order valence-corrected chi connectivity index (χ1v) is 7.29. The van der Waals surface area contributed by atoms with E-state index in [2.05, 4.69) is 0 Å². The van der Waals surface area contributed by atoms with E-state index in [1.807, 2.05) is 0 Å². The smallest absolute Gasteiger partial charge is 0.243 e. The maximum atomic E-state index is 13.7. The highest BCUT2D eigenvalue weighted by Gasteiger charge is 2.27. The van der Waals surface area contributed by atoms with Gasteiger partial charge in [0.2, 0.25) is 10.0 Å².